The lowest BCUT2D eigenvalue weighted by Crippen LogP contribution is -3.00. The van der Waals surface area contributed by atoms with E-state index in [-0.39, 0.29) is 42.5 Å². The molecule has 1 fully saturated rings. The van der Waals surface area contributed by atoms with Gasteiger partial charge in [0, 0.05) is 12.1 Å². The Bertz CT molecular complexity index is 497. The van der Waals surface area contributed by atoms with Crippen molar-refractivity contribution in [3.8, 4) is 0 Å². The number of likely N-dealkylation sites (tertiary alicyclic amines) is 1. The highest BCUT2D eigenvalue weighted by atomic mass is 127. The highest BCUT2D eigenvalue weighted by Gasteiger charge is 2.40. The van der Waals surface area contributed by atoms with Crippen LogP contribution in [0.5, 0.6) is 0 Å². The fourth-order valence-corrected chi connectivity index (χ4v) is 3.41. The van der Waals surface area contributed by atoms with Gasteiger partial charge in [0.15, 0.2) is 6.04 Å². The molecule has 1 aromatic carbocycles. The van der Waals surface area contributed by atoms with Crippen LogP contribution in [-0.4, -0.2) is 48.3 Å². The van der Waals surface area contributed by atoms with Crippen LogP contribution in [0.25, 0.3) is 0 Å². The number of rotatable bonds is 4. The third-order valence-electron chi connectivity index (χ3n) is 4.79. The van der Waals surface area contributed by atoms with Crippen molar-refractivity contribution < 1.29 is 38.4 Å². The Morgan fingerprint density at radius 3 is 2.55 bits per heavy atom. The number of amides is 1. The van der Waals surface area contributed by atoms with Crippen molar-refractivity contribution in [3.05, 3.63) is 29.3 Å². The number of likely N-dealkylation sites (N-methyl/N-ethyl adjacent to an activating group) is 1. The highest BCUT2D eigenvalue weighted by molar-refractivity contribution is 5.95. The van der Waals surface area contributed by atoms with Gasteiger partial charge >= 0.3 is 0 Å². The Labute approximate surface area is 150 Å². The number of hydrogen-bond donors (Lipinski definition) is 2. The number of halogens is 1. The third-order valence-corrected chi connectivity index (χ3v) is 4.79. The van der Waals surface area contributed by atoms with Crippen molar-refractivity contribution in [1.82, 2.24) is 0 Å². The fraction of sp³-hybridized carbons (Fsp3) is 0.588. The van der Waals surface area contributed by atoms with E-state index >= 15 is 0 Å². The largest absolute Gasteiger partial charge is 1.00 e. The summed E-state index contributed by atoms with van der Waals surface area (Å²) in [5.74, 6) is 0.0862. The number of nitrogens with zero attached hydrogens (tertiary/aromatic N) is 1. The monoisotopic (exact) mass is 418 g/mol. The van der Waals surface area contributed by atoms with E-state index in [2.05, 4.69) is 12.4 Å². The molecule has 2 atom stereocenters. The zero-order valence-electron chi connectivity index (χ0n) is 13.7. The number of aliphatic hydroxyl groups is 1. The van der Waals surface area contributed by atoms with E-state index in [0.717, 1.165) is 42.6 Å². The predicted molar refractivity (Wildman–Crippen MR) is 85.2 cm³/mol. The number of carbonyl (C=O) groups excluding carboxylic acids is 1. The average Bonchev–Trinajstić information content (AvgIpc) is 2.43. The van der Waals surface area contributed by atoms with E-state index in [1.807, 2.05) is 32.0 Å². The Morgan fingerprint density at radius 2 is 1.95 bits per heavy atom. The first-order chi connectivity index (χ1) is 9.98. The topological polar surface area (TPSA) is 49.3 Å². The second kappa shape index (κ2) is 8.26. The summed E-state index contributed by atoms with van der Waals surface area (Å²) in [6.45, 7) is 5.77. The van der Waals surface area contributed by atoms with Gasteiger partial charge in [-0.05, 0) is 37.8 Å². The van der Waals surface area contributed by atoms with Crippen LogP contribution < -0.4 is 29.3 Å². The molecule has 0 saturated carbocycles. The quantitative estimate of drug-likeness (QED) is 0.499. The molecular formula is C17H27IN2O2. The lowest BCUT2D eigenvalue weighted by atomic mass is 9.98. The van der Waals surface area contributed by atoms with E-state index in [9.17, 15) is 9.90 Å². The van der Waals surface area contributed by atoms with Crippen molar-refractivity contribution in [2.24, 2.45) is 0 Å². The molecule has 1 heterocycles. The van der Waals surface area contributed by atoms with Gasteiger partial charge in [-0.3, -0.25) is 4.79 Å². The van der Waals surface area contributed by atoms with Crippen molar-refractivity contribution in [1.29, 1.82) is 0 Å². The summed E-state index contributed by atoms with van der Waals surface area (Å²) in [6, 6.07) is 5.98. The van der Waals surface area contributed by atoms with Gasteiger partial charge in [-0.25, -0.2) is 0 Å². The molecule has 0 bridgehead atoms. The maximum absolute atomic E-state index is 12.8. The number of quaternary nitrogens is 1. The minimum atomic E-state index is -0.0649. The average molecular weight is 418 g/mol. The number of benzene rings is 1. The molecule has 4 nitrogen and oxygen atoms in total. The third kappa shape index (κ3) is 4.20. The summed E-state index contributed by atoms with van der Waals surface area (Å²) in [4.78, 5) is 12.8. The maximum atomic E-state index is 12.8. The molecule has 0 radical (unpaired) electrons. The van der Waals surface area contributed by atoms with Gasteiger partial charge in [0.2, 0.25) is 0 Å². The summed E-state index contributed by atoms with van der Waals surface area (Å²) in [5.41, 5.74) is 3.12. The van der Waals surface area contributed by atoms with Crippen molar-refractivity contribution >= 4 is 11.6 Å². The second-order valence-electron chi connectivity index (χ2n) is 6.42. The van der Waals surface area contributed by atoms with Crippen LogP contribution >= 0.6 is 0 Å². The van der Waals surface area contributed by atoms with Crippen molar-refractivity contribution in [3.63, 3.8) is 0 Å². The Morgan fingerprint density at radius 1 is 1.32 bits per heavy atom. The van der Waals surface area contributed by atoms with Crippen LogP contribution in [0, 0.1) is 13.8 Å². The highest BCUT2D eigenvalue weighted by Crippen LogP contribution is 2.26. The molecule has 124 valence electrons. The first-order valence-electron chi connectivity index (χ1n) is 7.80. The SMILES string of the molecule is Cc1cccc(C)c1NC(=O)C1CCCC[N+]1(C)CCO.[I-]. The number of hydrogen-bond acceptors (Lipinski definition) is 2. The molecule has 2 unspecified atom stereocenters. The molecule has 1 saturated heterocycles. The molecule has 2 rings (SSSR count). The summed E-state index contributed by atoms with van der Waals surface area (Å²) in [5, 5.41) is 12.4. The molecule has 0 spiro atoms. The molecule has 1 aliphatic rings. The van der Waals surface area contributed by atoms with Gasteiger partial charge in [0.05, 0.1) is 20.2 Å². The Balaban J connectivity index is 0.00000242. The Kier molecular flexibility index (Phi) is 7.28. The van der Waals surface area contributed by atoms with Gasteiger partial charge in [-0.1, -0.05) is 18.2 Å². The number of anilines is 1. The number of piperidine rings is 1. The number of para-hydroxylation sites is 1. The smallest absolute Gasteiger partial charge is 0.282 e. The zero-order chi connectivity index (χ0) is 15.5. The van der Waals surface area contributed by atoms with Gasteiger partial charge in [-0.15, -0.1) is 0 Å². The van der Waals surface area contributed by atoms with Crippen LogP contribution in [0.15, 0.2) is 18.2 Å². The molecule has 5 heteroatoms. The van der Waals surface area contributed by atoms with Gasteiger partial charge < -0.3 is 38.9 Å². The van der Waals surface area contributed by atoms with Crippen LogP contribution in [0.1, 0.15) is 30.4 Å². The molecule has 1 amide bonds. The molecule has 1 aliphatic heterocycles. The number of aliphatic hydroxyl groups excluding tert-OH is 1. The minimum absolute atomic E-state index is 0. The van der Waals surface area contributed by atoms with E-state index < -0.39 is 0 Å². The number of aryl methyl sites for hydroxylation is 2. The summed E-state index contributed by atoms with van der Waals surface area (Å²) in [6.07, 6.45) is 3.11. The summed E-state index contributed by atoms with van der Waals surface area (Å²) >= 11 is 0. The molecular weight excluding hydrogens is 391 g/mol. The van der Waals surface area contributed by atoms with Crippen molar-refractivity contribution in [2.75, 3.05) is 32.1 Å². The maximum Gasteiger partial charge on any atom is 0.282 e. The van der Waals surface area contributed by atoms with E-state index in [4.69, 9.17) is 0 Å². The van der Waals surface area contributed by atoms with Crippen LogP contribution in [0.2, 0.25) is 0 Å². The Hall–Kier alpha value is -0.660. The van der Waals surface area contributed by atoms with Crippen LogP contribution in [-0.2, 0) is 4.79 Å². The van der Waals surface area contributed by atoms with Gasteiger partial charge in [-0.2, -0.15) is 0 Å². The molecule has 2 N–H and O–H groups in total. The molecule has 0 aromatic heterocycles. The summed E-state index contributed by atoms with van der Waals surface area (Å²) in [7, 11) is 2.09. The van der Waals surface area contributed by atoms with E-state index in [1.54, 1.807) is 0 Å². The predicted octanol–water partition coefficient (Wildman–Crippen LogP) is -0.763. The number of nitrogens with one attached hydrogen (secondary N) is 1. The molecule has 1 aromatic rings. The zero-order valence-corrected chi connectivity index (χ0v) is 15.9. The summed E-state index contributed by atoms with van der Waals surface area (Å²) < 4.78 is 0.646. The normalized spacial score (nSPS) is 24.5. The second-order valence-corrected chi connectivity index (χ2v) is 6.42. The van der Waals surface area contributed by atoms with Gasteiger partial charge in [0.25, 0.3) is 5.91 Å². The van der Waals surface area contributed by atoms with E-state index in [0.29, 0.717) is 11.0 Å². The molecule has 0 aliphatic carbocycles. The first kappa shape index (κ1) is 19.4. The minimum Gasteiger partial charge on any atom is -1.00 e. The van der Waals surface area contributed by atoms with Crippen LogP contribution in [0.4, 0.5) is 5.69 Å². The van der Waals surface area contributed by atoms with Crippen LogP contribution in [0.3, 0.4) is 0 Å². The molecule has 22 heavy (non-hydrogen) atoms. The number of carbonyl (C=O) groups is 1. The van der Waals surface area contributed by atoms with E-state index in [1.165, 1.54) is 0 Å². The first-order valence-corrected chi connectivity index (χ1v) is 7.80. The lowest BCUT2D eigenvalue weighted by Gasteiger charge is -2.43. The van der Waals surface area contributed by atoms with Crippen molar-refractivity contribution in [2.45, 2.75) is 39.2 Å². The lowest BCUT2D eigenvalue weighted by molar-refractivity contribution is -0.929. The van der Waals surface area contributed by atoms with Gasteiger partial charge in [0.1, 0.15) is 6.54 Å². The fourth-order valence-electron chi connectivity index (χ4n) is 3.41. The standard InChI is InChI=1S/C17H26N2O2.HI/c1-13-7-6-8-14(2)16(13)18-17(21)15-9-4-5-10-19(15,3)11-12-20;/h6-8,15,20H,4-5,9-12H2,1-3H3;1H.